The summed E-state index contributed by atoms with van der Waals surface area (Å²) in [6, 6.07) is 7.60. The van der Waals surface area contributed by atoms with Crippen LogP contribution in [0.3, 0.4) is 0 Å². The SMILES string of the molecule is COc1ccc(OCC(=O)Nc2ccc3c(c2)OC(F)(F)O3)c([N+](=O)[O-])c1. The Morgan fingerprint density at radius 3 is 2.67 bits per heavy atom. The molecule has 1 N–H and O–H groups in total. The minimum Gasteiger partial charge on any atom is -0.496 e. The summed E-state index contributed by atoms with van der Waals surface area (Å²) >= 11 is 0. The highest BCUT2D eigenvalue weighted by Gasteiger charge is 2.43. The molecule has 1 aliphatic heterocycles. The number of halogens is 2. The van der Waals surface area contributed by atoms with Crippen LogP contribution in [0.15, 0.2) is 36.4 Å². The molecule has 0 spiro atoms. The van der Waals surface area contributed by atoms with E-state index in [4.69, 9.17) is 9.47 Å². The van der Waals surface area contributed by atoms with Gasteiger partial charge < -0.3 is 24.3 Å². The van der Waals surface area contributed by atoms with E-state index < -0.39 is 23.7 Å². The highest BCUT2D eigenvalue weighted by molar-refractivity contribution is 5.92. The molecular weight excluding hydrogens is 370 g/mol. The summed E-state index contributed by atoms with van der Waals surface area (Å²) in [6.45, 7) is -0.544. The van der Waals surface area contributed by atoms with Gasteiger partial charge in [-0.25, -0.2) is 0 Å². The number of alkyl halides is 2. The van der Waals surface area contributed by atoms with E-state index in [-0.39, 0.29) is 34.4 Å². The zero-order valence-corrected chi connectivity index (χ0v) is 13.7. The molecule has 3 rings (SSSR count). The lowest BCUT2D eigenvalue weighted by atomic mass is 10.2. The van der Waals surface area contributed by atoms with Crippen LogP contribution in [0.2, 0.25) is 0 Å². The second kappa shape index (κ2) is 6.94. The minimum absolute atomic E-state index is 0.124. The molecule has 2 aromatic carbocycles. The molecule has 0 saturated heterocycles. The van der Waals surface area contributed by atoms with Gasteiger partial charge in [-0.1, -0.05) is 0 Å². The van der Waals surface area contributed by atoms with Crippen LogP contribution in [0.25, 0.3) is 0 Å². The van der Waals surface area contributed by atoms with Gasteiger partial charge in [0.1, 0.15) is 5.75 Å². The number of hydrogen-bond acceptors (Lipinski definition) is 7. The largest absolute Gasteiger partial charge is 0.586 e. The second-order valence-corrected chi connectivity index (χ2v) is 5.26. The van der Waals surface area contributed by atoms with Crippen molar-refractivity contribution in [2.75, 3.05) is 19.0 Å². The molecule has 0 aliphatic carbocycles. The van der Waals surface area contributed by atoms with E-state index in [0.29, 0.717) is 0 Å². The van der Waals surface area contributed by atoms with Crippen molar-refractivity contribution < 1.29 is 37.4 Å². The third kappa shape index (κ3) is 4.14. The molecule has 2 aromatic rings. The normalized spacial score (nSPS) is 13.7. The Morgan fingerprint density at radius 1 is 1.22 bits per heavy atom. The van der Waals surface area contributed by atoms with Gasteiger partial charge in [0, 0.05) is 11.8 Å². The smallest absolute Gasteiger partial charge is 0.496 e. The summed E-state index contributed by atoms with van der Waals surface area (Å²) in [5, 5.41) is 13.5. The number of rotatable bonds is 6. The Labute approximate surface area is 150 Å². The highest BCUT2D eigenvalue weighted by atomic mass is 19.3. The molecule has 0 unspecified atom stereocenters. The Balaban J connectivity index is 1.64. The Morgan fingerprint density at radius 2 is 1.96 bits per heavy atom. The lowest BCUT2D eigenvalue weighted by Crippen LogP contribution is -2.25. The fourth-order valence-corrected chi connectivity index (χ4v) is 2.26. The van der Waals surface area contributed by atoms with Gasteiger partial charge in [-0.05, 0) is 24.3 Å². The molecule has 0 saturated carbocycles. The van der Waals surface area contributed by atoms with Crippen LogP contribution in [0, 0.1) is 10.1 Å². The van der Waals surface area contributed by atoms with E-state index in [1.54, 1.807) is 0 Å². The number of nitrogens with one attached hydrogen (secondary N) is 1. The van der Waals surface area contributed by atoms with Crippen LogP contribution in [-0.2, 0) is 4.79 Å². The van der Waals surface area contributed by atoms with Crippen LogP contribution < -0.4 is 24.3 Å². The van der Waals surface area contributed by atoms with E-state index in [0.717, 1.165) is 12.1 Å². The number of amides is 1. The van der Waals surface area contributed by atoms with Gasteiger partial charge in [0.2, 0.25) is 0 Å². The quantitative estimate of drug-likeness (QED) is 0.604. The zero-order valence-electron chi connectivity index (χ0n) is 13.7. The summed E-state index contributed by atoms with van der Waals surface area (Å²) in [5.41, 5.74) is -0.208. The maximum atomic E-state index is 13.0. The van der Waals surface area contributed by atoms with Crippen LogP contribution >= 0.6 is 0 Å². The van der Waals surface area contributed by atoms with E-state index in [1.807, 2.05) is 0 Å². The van der Waals surface area contributed by atoms with Crippen molar-refractivity contribution >= 4 is 17.3 Å². The van der Waals surface area contributed by atoms with E-state index in [1.165, 1.54) is 31.4 Å². The van der Waals surface area contributed by atoms with Gasteiger partial charge in [-0.15, -0.1) is 8.78 Å². The number of nitro groups is 1. The maximum Gasteiger partial charge on any atom is 0.586 e. The van der Waals surface area contributed by atoms with E-state index in [2.05, 4.69) is 14.8 Å². The predicted octanol–water partition coefficient (Wildman–Crippen LogP) is 2.94. The number of hydrogen-bond donors (Lipinski definition) is 1. The average molecular weight is 382 g/mol. The monoisotopic (exact) mass is 382 g/mol. The number of methoxy groups -OCH3 is 1. The number of carbonyl (C=O) groups is 1. The number of anilines is 1. The highest BCUT2D eigenvalue weighted by Crippen LogP contribution is 2.42. The van der Waals surface area contributed by atoms with Crippen molar-refractivity contribution in [1.29, 1.82) is 0 Å². The molecule has 0 atom stereocenters. The van der Waals surface area contributed by atoms with Crippen molar-refractivity contribution in [3.63, 3.8) is 0 Å². The molecule has 0 radical (unpaired) electrons. The molecule has 1 heterocycles. The van der Waals surface area contributed by atoms with Crippen molar-refractivity contribution in [3.8, 4) is 23.0 Å². The van der Waals surface area contributed by atoms with Crippen LogP contribution in [-0.4, -0.2) is 30.8 Å². The van der Waals surface area contributed by atoms with E-state index in [9.17, 15) is 23.7 Å². The standard InChI is InChI=1S/C16H12F2N2O7/c1-24-10-3-5-12(11(7-10)20(22)23)25-8-15(21)19-9-2-4-13-14(6-9)27-16(17,18)26-13/h2-7H,8H2,1H3,(H,19,21). The first kappa shape index (κ1) is 18.2. The average Bonchev–Trinajstić information content (AvgIpc) is 2.92. The molecule has 0 fully saturated rings. The summed E-state index contributed by atoms with van der Waals surface area (Å²) in [7, 11) is 1.36. The molecule has 1 amide bonds. The van der Waals surface area contributed by atoms with Crippen molar-refractivity contribution in [2.24, 2.45) is 0 Å². The van der Waals surface area contributed by atoms with Crippen molar-refractivity contribution in [3.05, 3.63) is 46.5 Å². The van der Waals surface area contributed by atoms with Gasteiger partial charge in [-0.3, -0.25) is 14.9 Å². The minimum atomic E-state index is -3.76. The van der Waals surface area contributed by atoms with Crippen molar-refractivity contribution in [1.82, 2.24) is 0 Å². The first-order valence-electron chi connectivity index (χ1n) is 7.42. The lowest BCUT2D eigenvalue weighted by Gasteiger charge is -2.09. The molecule has 11 heteroatoms. The van der Waals surface area contributed by atoms with Gasteiger partial charge in [0.15, 0.2) is 23.9 Å². The van der Waals surface area contributed by atoms with Crippen LogP contribution in [0.4, 0.5) is 20.2 Å². The molecule has 1 aliphatic rings. The number of nitro benzene ring substituents is 1. The molecule has 27 heavy (non-hydrogen) atoms. The number of nitrogens with zero attached hydrogens (tertiary/aromatic N) is 1. The van der Waals surface area contributed by atoms with Gasteiger partial charge in [-0.2, -0.15) is 0 Å². The topological polar surface area (TPSA) is 109 Å². The number of benzene rings is 2. The summed E-state index contributed by atoms with van der Waals surface area (Å²) in [5.74, 6) is -0.921. The molecule has 142 valence electrons. The second-order valence-electron chi connectivity index (χ2n) is 5.26. The Hall–Kier alpha value is -3.63. The third-order valence-corrected chi connectivity index (χ3v) is 3.41. The third-order valence-electron chi connectivity index (χ3n) is 3.41. The predicted molar refractivity (Wildman–Crippen MR) is 86.4 cm³/mol. The van der Waals surface area contributed by atoms with E-state index >= 15 is 0 Å². The summed E-state index contributed by atoms with van der Waals surface area (Å²) in [6.07, 6.45) is -3.76. The first-order chi connectivity index (χ1) is 12.8. The van der Waals surface area contributed by atoms with Crippen LogP contribution in [0.1, 0.15) is 0 Å². The summed E-state index contributed by atoms with van der Waals surface area (Å²) < 4.78 is 44.6. The zero-order chi connectivity index (χ0) is 19.6. The van der Waals surface area contributed by atoms with Crippen LogP contribution in [0.5, 0.6) is 23.0 Å². The molecule has 0 bridgehead atoms. The van der Waals surface area contributed by atoms with Gasteiger partial charge in [0.25, 0.3) is 5.91 Å². The number of fused-ring (bicyclic) bond motifs is 1. The fraction of sp³-hybridized carbons (Fsp3) is 0.188. The Kier molecular flexibility index (Phi) is 4.67. The van der Waals surface area contributed by atoms with Crippen molar-refractivity contribution in [2.45, 2.75) is 6.29 Å². The Bertz CT molecular complexity index is 904. The van der Waals surface area contributed by atoms with Gasteiger partial charge in [0.05, 0.1) is 18.1 Å². The number of ether oxygens (including phenoxy) is 4. The lowest BCUT2D eigenvalue weighted by molar-refractivity contribution is -0.385. The molecule has 0 aromatic heterocycles. The first-order valence-corrected chi connectivity index (χ1v) is 7.42. The maximum absolute atomic E-state index is 13.0. The molecule has 9 nitrogen and oxygen atoms in total. The number of carbonyl (C=O) groups excluding carboxylic acids is 1. The summed E-state index contributed by atoms with van der Waals surface area (Å²) in [4.78, 5) is 22.4. The fourth-order valence-electron chi connectivity index (χ4n) is 2.26. The molecular formula is C16H12F2N2O7. The van der Waals surface area contributed by atoms with Gasteiger partial charge >= 0.3 is 12.0 Å².